The molecule has 0 aliphatic carbocycles. The Morgan fingerprint density at radius 3 is 2.94 bits per heavy atom. The highest BCUT2D eigenvalue weighted by Gasteiger charge is 2.28. The third-order valence-corrected chi connectivity index (χ3v) is 3.30. The summed E-state index contributed by atoms with van der Waals surface area (Å²) >= 11 is 0. The maximum Gasteiger partial charge on any atom is 0.215 e. The molecule has 17 heavy (non-hydrogen) atoms. The summed E-state index contributed by atoms with van der Waals surface area (Å²) in [6.45, 7) is 9.09. The molecule has 1 aliphatic heterocycles. The van der Waals surface area contributed by atoms with E-state index in [0.29, 0.717) is 5.92 Å². The van der Waals surface area contributed by atoms with E-state index in [2.05, 4.69) is 25.9 Å². The third-order valence-electron chi connectivity index (χ3n) is 3.30. The standard InChI is InChI=1S/C13H23N3O/c1-13(2,3)11-7-15-16-8-10(5-4-6-14)9-17-12(11)16/h7,10H,4-6,8-9,14H2,1-3H3. The fourth-order valence-electron chi connectivity index (χ4n) is 2.25. The van der Waals surface area contributed by atoms with Gasteiger partial charge in [0.15, 0.2) is 0 Å². The minimum atomic E-state index is 0.0949. The van der Waals surface area contributed by atoms with Gasteiger partial charge >= 0.3 is 0 Å². The molecule has 1 aromatic rings. The predicted molar refractivity (Wildman–Crippen MR) is 68.2 cm³/mol. The van der Waals surface area contributed by atoms with Crippen molar-refractivity contribution in [3.8, 4) is 5.88 Å². The Bertz CT molecular complexity index is 379. The van der Waals surface area contributed by atoms with Gasteiger partial charge in [0.25, 0.3) is 0 Å². The minimum absolute atomic E-state index is 0.0949. The number of nitrogens with zero attached hydrogens (tertiary/aromatic N) is 2. The van der Waals surface area contributed by atoms with Gasteiger partial charge in [-0.25, -0.2) is 4.68 Å². The summed E-state index contributed by atoms with van der Waals surface area (Å²) < 4.78 is 7.90. The van der Waals surface area contributed by atoms with Gasteiger partial charge in [-0.15, -0.1) is 0 Å². The summed E-state index contributed by atoms with van der Waals surface area (Å²) in [5.41, 5.74) is 6.84. The van der Waals surface area contributed by atoms with Crippen molar-refractivity contribution >= 4 is 0 Å². The van der Waals surface area contributed by atoms with Crippen molar-refractivity contribution in [1.29, 1.82) is 0 Å². The molecule has 1 aliphatic rings. The lowest BCUT2D eigenvalue weighted by Gasteiger charge is -2.27. The van der Waals surface area contributed by atoms with Crippen LogP contribution < -0.4 is 10.5 Å². The van der Waals surface area contributed by atoms with E-state index in [-0.39, 0.29) is 5.41 Å². The van der Waals surface area contributed by atoms with Crippen LogP contribution in [0.1, 0.15) is 39.2 Å². The van der Waals surface area contributed by atoms with Gasteiger partial charge in [-0.1, -0.05) is 20.8 Å². The largest absolute Gasteiger partial charge is 0.477 e. The van der Waals surface area contributed by atoms with E-state index in [1.54, 1.807) is 0 Å². The maximum absolute atomic E-state index is 5.89. The van der Waals surface area contributed by atoms with Crippen LogP contribution in [0.15, 0.2) is 6.20 Å². The maximum atomic E-state index is 5.89. The van der Waals surface area contributed by atoms with E-state index < -0.39 is 0 Å². The van der Waals surface area contributed by atoms with Gasteiger partial charge in [0.05, 0.1) is 19.3 Å². The zero-order chi connectivity index (χ0) is 12.5. The van der Waals surface area contributed by atoms with E-state index in [1.807, 2.05) is 10.9 Å². The highest BCUT2D eigenvalue weighted by Crippen LogP contribution is 2.34. The van der Waals surface area contributed by atoms with E-state index in [9.17, 15) is 0 Å². The smallest absolute Gasteiger partial charge is 0.215 e. The second kappa shape index (κ2) is 4.69. The molecule has 0 aromatic carbocycles. The molecule has 0 amide bonds. The number of rotatable bonds is 3. The van der Waals surface area contributed by atoms with Crippen molar-refractivity contribution in [2.75, 3.05) is 13.2 Å². The molecule has 2 rings (SSSR count). The van der Waals surface area contributed by atoms with Crippen LogP contribution in [-0.4, -0.2) is 22.9 Å². The quantitative estimate of drug-likeness (QED) is 0.874. The molecule has 1 aromatic heterocycles. The SMILES string of the molecule is CC(C)(C)c1cnn2c1OCC(CCCN)C2. The number of hydrogen-bond donors (Lipinski definition) is 1. The molecule has 0 bridgehead atoms. The monoisotopic (exact) mass is 237 g/mol. The summed E-state index contributed by atoms with van der Waals surface area (Å²) in [5, 5.41) is 4.44. The van der Waals surface area contributed by atoms with Crippen LogP contribution >= 0.6 is 0 Å². The van der Waals surface area contributed by atoms with Crippen molar-refractivity contribution in [3.05, 3.63) is 11.8 Å². The van der Waals surface area contributed by atoms with Crippen LogP contribution in [0, 0.1) is 5.92 Å². The summed E-state index contributed by atoms with van der Waals surface area (Å²) in [6, 6.07) is 0. The Hall–Kier alpha value is -1.03. The predicted octanol–water partition coefficient (Wildman–Crippen LogP) is 1.93. The normalized spacial score (nSPS) is 19.9. The summed E-state index contributed by atoms with van der Waals surface area (Å²) in [5.74, 6) is 1.51. The fourth-order valence-corrected chi connectivity index (χ4v) is 2.25. The van der Waals surface area contributed by atoms with Gasteiger partial charge in [0, 0.05) is 11.5 Å². The molecule has 2 heterocycles. The van der Waals surface area contributed by atoms with E-state index in [0.717, 1.165) is 38.4 Å². The number of fused-ring (bicyclic) bond motifs is 1. The van der Waals surface area contributed by atoms with Crippen LogP contribution in [0.25, 0.3) is 0 Å². The molecule has 1 atom stereocenters. The number of aromatic nitrogens is 2. The summed E-state index contributed by atoms with van der Waals surface area (Å²) in [6.07, 6.45) is 4.14. The number of ether oxygens (including phenoxy) is 1. The topological polar surface area (TPSA) is 53.1 Å². The first-order valence-electron chi connectivity index (χ1n) is 6.41. The van der Waals surface area contributed by atoms with E-state index in [4.69, 9.17) is 10.5 Å². The molecule has 4 nitrogen and oxygen atoms in total. The minimum Gasteiger partial charge on any atom is -0.477 e. The average Bonchev–Trinajstić information content (AvgIpc) is 2.68. The summed E-state index contributed by atoms with van der Waals surface area (Å²) in [7, 11) is 0. The Balaban J connectivity index is 2.11. The molecule has 0 radical (unpaired) electrons. The molecule has 4 heteroatoms. The van der Waals surface area contributed by atoms with Gasteiger partial charge in [-0.05, 0) is 24.8 Å². The first-order chi connectivity index (χ1) is 8.02. The lowest BCUT2D eigenvalue weighted by atomic mass is 9.89. The van der Waals surface area contributed by atoms with Gasteiger partial charge in [0.2, 0.25) is 5.88 Å². The average molecular weight is 237 g/mol. The van der Waals surface area contributed by atoms with Crippen molar-refractivity contribution in [2.24, 2.45) is 11.7 Å². The van der Waals surface area contributed by atoms with Gasteiger partial charge in [0.1, 0.15) is 0 Å². The number of hydrogen-bond acceptors (Lipinski definition) is 3. The molecular formula is C13H23N3O. The lowest BCUT2D eigenvalue weighted by molar-refractivity contribution is 0.153. The van der Waals surface area contributed by atoms with Crippen LogP contribution in [0.2, 0.25) is 0 Å². The van der Waals surface area contributed by atoms with Gasteiger partial charge in [-0.2, -0.15) is 5.10 Å². The Kier molecular flexibility index (Phi) is 3.43. The molecule has 0 fully saturated rings. The molecule has 96 valence electrons. The lowest BCUT2D eigenvalue weighted by Crippen LogP contribution is -2.27. The molecular weight excluding hydrogens is 214 g/mol. The number of nitrogens with two attached hydrogens (primary N) is 1. The Morgan fingerprint density at radius 1 is 1.53 bits per heavy atom. The Labute approximate surface area is 103 Å². The first-order valence-corrected chi connectivity index (χ1v) is 6.41. The highest BCUT2D eigenvalue weighted by atomic mass is 16.5. The van der Waals surface area contributed by atoms with Crippen molar-refractivity contribution in [1.82, 2.24) is 9.78 Å². The molecule has 0 spiro atoms. The molecule has 1 unspecified atom stereocenters. The highest BCUT2D eigenvalue weighted by molar-refractivity contribution is 5.31. The van der Waals surface area contributed by atoms with Crippen molar-refractivity contribution in [2.45, 2.75) is 45.6 Å². The van der Waals surface area contributed by atoms with Crippen molar-refractivity contribution in [3.63, 3.8) is 0 Å². The van der Waals surface area contributed by atoms with Gasteiger partial charge in [-0.3, -0.25) is 0 Å². The zero-order valence-electron chi connectivity index (χ0n) is 11.1. The zero-order valence-corrected chi connectivity index (χ0v) is 11.1. The third kappa shape index (κ3) is 2.63. The van der Waals surface area contributed by atoms with Crippen LogP contribution in [0.4, 0.5) is 0 Å². The van der Waals surface area contributed by atoms with Crippen molar-refractivity contribution < 1.29 is 4.74 Å². The fraction of sp³-hybridized carbons (Fsp3) is 0.769. The molecule has 0 saturated carbocycles. The van der Waals surface area contributed by atoms with Crippen LogP contribution in [0.3, 0.4) is 0 Å². The Morgan fingerprint density at radius 2 is 2.29 bits per heavy atom. The second-order valence-corrected chi connectivity index (χ2v) is 5.90. The van der Waals surface area contributed by atoms with Crippen LogP contribution in [0.5, 0.6) is 5.88 Å². The molecule has 2 N–H and O–H groups in total. The molecule has 0 saturated heterocycles. The first kappa shape index (κ1) is 12.4. The van der Waals surface area contributed by atoms with E-state index >= 15 is 0 Å². The summed E-state index contributed by atoms with van der Waals surface area (Å²) in [4.78, 5) is 0. The second-order valence-electron chi connectivity index (χ2n) is 5.90. The van der Waals surface area contributed by atoms with Crippen LogP contribution in [-0.2, 0) is 12.0 Å². The van der Waals surface area contributed by atoms with E-state index in [1.165, 1.54) is 5.56 Å². The van der Waals surface area contributed by atoms with Gasteiger partial charge < -0.3 is 10.5 Å².